The SMILES string of the molecule is Cc1cccn2cc(-c3ccc(NC(=O)C(=O)N(C)C(C)C4CCN(C)CC4)cc3)nc12. The van der Waals surface area contributed by atoms with Gasteiger partial charge in [-0.25, -0.2) is 4.98 Å². The first-order valence-corrected chi connectivity index (χ1v) is 11.1. The van der Waals surface area contributed by atoms with Gasteiger partial charge >= 0.3 is 11.8 Å². The van der Waals surface area contributed by atoms with Gasteiger partial charge in [0, 0.05) is 36.7 Å². The Labute approximate surface area is 189 Å². The van der Waals surface area contributed by atoms with Gasteiger partial charge in [0.2, 0.25) is 0 Å². The van der Waals surface area contributed by atoms with Crippen LogP contribution in [0.15, 0.2) is 48.8 Å². The molecule has 1 aliphatic rings. The number of fused-ring (bicyclic) bond motifs is 1. The topological polar surface area (TPSA) is 70.0 Å². The van der Waals surface area contributed by atoms with E-state index in [1.54, 1.807) is 24.1 Å². The zero-order valence-electron chi connectivity index (χ0n) is 19.2. The fourth-order valence-electron chi connectivity index (χ4n) is 4.37. The molecule has 7 nitrogen and oxygen atoms in total. The van der Waals surface area contributed by atoms with E-state index < -0.39 is 11.8 Å². The van der Waals surface area contributed by atoms with Gasteiger partial charge in [-0.05, 0) is 76.5 Å². The second kappa shape index (κ2) is 9.12. The molecule has 1 N–H and O–H groups in total. The Morgan fingerprint density at radius 3 is 2.50 bits per heavy atom. The number of aromatic nitrogens is 2. The van der Waals surface area contributed by atoms with Crippen LogP contribution in [0.4, 0.5) is 5.69 Å². The molecule has 0 aliphatic carbocycles. The van der Waals surface area contributed by atoms with Crippen LogP contribution in [0.1, 0.15) is 25.3 Å². The summed E-state index contributed by atoms with van der Waals surface area (Å²) in [6.07, 6.45) is 6.04. The summed E-state index contributed by atoms with van der Waals surface area (Å²) in [5, 5.41) is 2.74. The molecule has 32 heavy (non-hydrogen) atoms. The number of pyridine rings is 1. The number of nitrogens with one attached hydrogen (secondary N) is 1. The van der Waals surface area contributed by atoms with Crippen LogP contribution in [0.2, 0.25) is 0 Å². The van der Waals surface area contributed by atoms with E-state index in [1.165, 1.54) is 0 Å². The summed E-state index contributed by atoms with van der Waals surface area (Å²) in [6.45, 7) is 6.13. The number of imidazole rings is 1. The molecule has 3 heterocycles. The van der Waals surface area contributed by atoms with E-state index in [-0.39, 0.29) is 6.04 Å². The summed E-state index contributed by atoms with van der Waals surface area (Å²) in [6, 6.07) is 11.5. The third-order valence-corrected chi connectivity index (χ3v) is 6.69. The molecule has 0 radical (unpaired) electrons. The summed E-state index contributed by atoms with van der Waals surface area (Å²) in [5.74, 6) is -0.694. The zero-order valence-corrected chi connectivity index (χ0v) is 19.2. The van der Waals surface area contributed by atoms with Gasteiger partial charge in [0.15, 0.2) is 0 Å². The third kappa shape index (κ3) is 4.53. The number of hydrogen-bond acceptors (Lipinski definition) is 4. The first-order valence-electron chi connectivity index (χ1n) is 11.1. The van der Waals surface area contributed by atoms with E-state index in [4.69, 9.17) is 4.98 Å². The molecule has 4 rings (SSSR count). The van der Waals surface area contributed by atoms with Crippen LogP contribution in [-0.2, 0) is 9.59 Å². The number of hydrogen-bond donors (Lipinski definition) is 1. The molecule has 0 saturated carbocycles. The predicted octanol–water partition coefficient (Wildman–Crippen LogP) is 3.44. The number of aryl methyl sites for hydroxylation is 1. The number of carbonyl (C=O) groups excluding carboxylic acids is 2. The van der Waals surface area contributed by atoms with Crippen LogP contribution in [0.3, 0.4) is 0 Å². The molecule has 2 amide bonds. The molecule has 7 heteroatoms. The Morgan fingerprint density at radius 2 is 1.84 bits per heavy atom. The summed E-state index contributed by atoms with van der Waals surface area (Å²) in [7, 11) is 3.84. The van der Waals surface area contributed by atoms with E-state index in [1.807, 2.05) is 54.9 Å². The summed E-state index contributed by atoms with van der Waals surface area (Å²) < 4.78 is 2.00. The first kappa shape index (κ1) is 22.0. The van der Waals surface area contributed by atoms with Gasteiger partial charge in [0.25, 0.3) is 0 Å². The average molecular weight is 434 g/mol. The van der Waals surface area contributed by atoms with Crippen LogP contribution < -0.4 is 5.32 Å². The van der Waals surface area contributed by atoms with Crippen LogP contribution in [0, 0.1) is 12.8 Å². The lowest BCUT2D eigenvalue weighted by molar-refractivity contribution is -0.144. The highest BCUT2D eigenvalue weighted by molar-refractivity contribution is 6.39. The van der Waals surface area contributed by atoms with Crippen LogP contribution in [0.25, 0.3) is 16.9 Å². The number of likely N-dealkylation sites (N-methyl/N-ethyl adjacent to an activating group) is 1. The van der Waals surface area contributed by atoms with Gasteiger partial charge in [-0.15, -0.1) is 0 Å². The molecule has 0 spiro atoms. The monoisotopic (exact) mass is 433 g/mol. The van der Waals surface area contributed by atoms with Gasteiger partial charge in [0.05, 0.1) is 5.69 Å². The molecule has 1 aliphatic heterocycles. The molecule has 0 bridgehead atoms. The van der Waals surface area contributed by atoms with Crippen molar-refractivity contribution in [1.82, 2.24) is 19.2 Å². The van der Waals surface area contributed by atoms with Crippen LogP contribution in [0.5, 0.6) is 0 Å². The third-order valence-electron chi connectivity index (χ3n) is 6.69. The van der Waals surface area contributed by atoms with E-state index in [0.29, 0.717) is 11.6 Å². The molecule has 2 aromatic heterocycles. The number of anilines is 1. The zero-order chi connectivity index (χ0) is 22.8. The maximum atomic E-state index is 12.7. The number of carbonyl (C=O) groups is 2. The number of amides is 2. The Balaban J connectivity index is 1.39. The van der Waals surface area contributed by atoms with E-state index in [0.717, 1.165) is 48.4 Å². The van der Waals surface area contributed by atoms with Crippen molar-refractivity contribution >= 4 is 23.1 Å². The highest BCUT2D eigenvalue weighted by Gasteiger charge is 2.30. The first-order chi connectivity index (χ1) is 15.3. The van der Waals surface area contributed by atoms with E-state index in [9.17, 15) is 9.59 Å². The number of rotatable bonds is 4. The Morgan fingerprint density at radius 1 is 1.16 bits per heavy atom. The number of piperidine rings is 1. The van der Waals surface area contributed by atoms with Crippen molar-refractivity contribution in [2.75, 3.05) is 32.5 Å². The fourth-order valence-corrected chi connectivity index (χ4v) is 4.37. The Bertz CT molecular complexity index is 1110. The average Bonchev–Trinajstić information content (AvgIpc) is 3.24. The van der Waals surface area contributed by atoms with Gasteiger partial charge in [-0.3, -0.25) is 9.59 Å². The predicted molar refractivity (Wildman–Crippen MR) is 126 cm³/mol. The van der Waals surface area contributed by atoms with Crippen LogP contribution >= 0.6 is 0 Å². The van der Waals surface area contributed by atoms with Crippen LogP contribution in [-0.4, -0.2) is 64.2 Å². The second-order valence-corrected chi connectivity index (χ2v) is 8.88. The largest absolute Gasteiger partial charge is 0.335 e. The van der Waals surface area contributed by atoms with Crippen molar-refractivity contribution in [2.24, 2.45) is 5.92 Å². The maximum absolute atomic E-state index is 12.7. The minimum atomic E-state index is -0.608. The molecular weight excluding hydrogens is 402 g/mol. The molecular formula is C25H31N5O2. The molecule has 168 valence electrons. The molecule has 1 aromatic carbocycles. The molecule has 3 aromatic rings. The second-order valence-electron chi connectivity index (χ2n) is 8.88. The fraction of sp³-hybridized carbons (Fsp3) is 0.400. The highest BCUT2D eigenvalue weighted by atomic mass is 16.2. The number of likely N-dealkylation sites (tertiary alicyclic amines) is 1. The minimum Gasteiger partial charge on any atom is -0.335 e. The van der Waals surface area contributed by atoms with E-state index >= 15 is 0 Å². The molecule has 1 saturated heterocycles. The van der Waals surface area contributed by atoms with Crippen molar-refractivity contribution in [1.29, 1.82) is 0 Å². The lowest BCUT2D eigenvalue weighted by Gasteiger charge is -2.36. The summed E-state index contributed by atoms with van der Waals surface area (Å²) in [4.78, 5) is 33.9. The molecule has 1 atom stereocenters. The Kier molecular flexibility index (Phi) is 6.28. The van der Waals surface area contributed by atoms with Gasteiger partial charge in [0.1, 0.15) is 5.65 Å². The van der Waals surface area contributed by atoms with Crippen molar-refractivity contribution < 1.29 is 9.59 Å². The van der Waals surface area contributed by atoms with Crippen molar-refractivity contribution in [3.63, 3.8) is 0 Å². The standard InChI is InChI=1S/C25H31N5O2/c1-17-6-5-13-30-16-22(27-23(17)30)20-7-9-21(10-8-20)26-24(31)25(32)29(4)18(2)19-11-14-28(3)15-12-19/h5-10,13,16,18-19H,11-12,14-15H2,1-4H3,(H,26,31). The molecule has 1 unspecified atom stereocenters. The summed E-state index contributed by atoms with van der Waals surface area (Å²) >= 11 is 0. The lowest BCUT2D eigenvalue weighted by atomic mass is 9.89. The van der Waals surface area contributed by atoms with Gasteiger partial charge < -0.3 is 19.5 Å². The summed E-state index contributed by atoms with van der Waals surface area (Å²) in [5.41, 5.74) is 4.43. The highest BCUT2D eigenvalue weighted by Crippen LogP contribution is 2.24. The van der Waals surface area contributed by atoms with Gasteiger partial charge in [-0.1, -0.05) is 18.2 Å². The lowest BCUT2D eigenvalue weighted by Crippen LogP contribution is -2.47. The number of nitrogens with zero attached hydrogens (tertiary/aromatic N) is 4. The smallest absolute Gasteiger partial charge is 0.313 e. The van der Waals surface area contributed by atoms with Crippen molar-refractivity contribution in [3.8, 4) is 11.3 Å². The van der Waals surface area contributed by atoms with E-state index in [2.05, 4.69) is 17.3 Å². The molecule has 1 fully saturated rings. The Hall–Kier alpha value is -3.19. The maximum Gasteiger partial charge on any atom is 0.313 e. The van der Waals surface area contributed by atoms with Crippen molar-refractivity contribution in [3.05, 3.63) is 54.4 Å². The van der Waals surface area contributed by atoms with Gasteiger partial charge in [-0.2, -0.15) is 0 Å². The quantitative estimate of drug-likeness (QED) is 0.640. The number of benzene rings is 1. The normalized spacial score (nSPS) is 16.1. The minimum absolute atomic E-state index is 0.0304. The van der Waals surface area contributed by atoms with Crippen molar-refractivity contribution in [2.45, 2.75) is 32.7 Å².